The fourth-order valence-corrected chi connectivity index (χ4v) is 4.51. The minimum Gasteiger partial charge on any atom is -0.495 e. The molecular formula is C24H29ClN2O2. The van der Waals surface area contributed by atoms with Gasteiger partial charge >= 0.3 is 0 Å². The van der Waals surface area contributed by atoms with Crippen LogP contribution in [-0.4, -0.2) is 31.5 Å². The van der Waals surface area contributed by atoms with Crippen molar-refractivity contribution in [2.75, 3.05) is 26.0 Å². The standard InChI is InChI=1S/C24H29ClN2O2/c1-6-17-18-14-27(4)15-24(2,3)19(18)9-10-21(17)26-23(28)12-8-16-7-11-22(29-5)20(25)13-16/h7-13H,6,14-15H2,1-5H3,(H,26,28). The molecule has 29 heavy (non-hydrogen) atoms. The number of nitrogens with zero attached hydrogens (tertiary/aromatic N) is 1. The number of ether oxygens (including phenoxy) is 1. The van der Waals surface area contributed by atoms with Crippen LogP contribution >= 0.6 is 11.6 Å². The van der Waals surface area contributed by atoms with Crippen LogP contribution < -0.4 is 10.1 Å². The number of hydrogen-bond acceptors (Lipinski definition) is 3. The number of carbonyl (C=O) groups is 1. The highest BCUT2D eigenvalue weighted by atomic mass is 35.5. The summed E-state index contributed by atoms with van der Waals surface area (Å²) in [5.41, 5.74) is 5.78. The molecule has 0 saturated carbocycles. The third kappa shape index (κ3) is 4.65. The molecule has 0 fully saturated rings. The maximum atomic E-state index is 12.6. The summed E-state index contributed by atoms with van der Waals surface area (Å²) < 4.78 is 5.16. The molecule has 0 spiro atoms. The van der Waals surface area contributed by atoms with Gasteiger partial charge in [-0.15, -0.1) is 0 Å². The van der Waals surface area contributed by atoms with Crippen LogP contribution in [-0.2, 0) is 23.2 Å². The molecule has 0 radical (unpaired) electrons. The van der Waals surface area contributed by atoms with E-state index < -0.39 is 0 Å². The second kappa shape index (κ2) is 8.60. The number of fused-ring (bicyclic) bond motifs is 1. The van der Waals surface area contributed by atoms with E-state index in [0.29, 0.717) is 10.8 Å². The van der Waals surface area contributed by atoms with Gasteiger partial charge in [0.05, 0.1) is 12.1 Å². The fraction of sp³-hybridized carbons (Fsp3) is 0.375. The molecule has 1 amide bonds. The zero-order chi connectivity index (χ0) is 21.2. The summed E-state index contributed by atoms with van der Waals surface area (Å²) in [5.74, 6) is 0.456. The predicted octanol–water partition coefficient (Wildman–Crippen LogP) is 5.29. The lowest BCUT2D eigenvalue weighted by Crippen LogP contribution is -2.40. The number of likely N-dealkylation sites (N-methyl/N-ethyl adjacent to an activating group) is 1. The number of halogens is 1. The van der Waals surface area contributed by atoms with Crippen molar-refractivity contribution in [3.05, 3.63) is 63.7 Å². The molecule has 4 nitrogen and oxygen atoms in total. The molecule has 0 aliphatic carbocycles. The van der Waals surface area contributed by atoms with Crippen molar-refractivity contribution in [2.24, 2.45) is 0 Å². The zero-order valence-corrected chi connectivity index (χ0v) is 18.6. The molecule has 1 N–H and O–H groups in total. The number of nitrogens with one attached hydrogen (secondary N) is 1. The van der Waals surface area contributed by atoms with Gasteiger partial charge < -0.3 is 15.0 Å². The molecule has 3 rings (SSSR count). The average molecular weight is 413 g/mol. The molecule has 0 bridgehead atoms. The molecule has 154 valence electrons. The summed E-state index contributed by atoms with van der Waals surface area (Å²) in [6.45, 7) is 8.64. The van der Waals surface area contributed by atoms with E-state index in [4.69, 9.17) is 16.3 Å². The van der Waals surface area contributed by atoms with Gasteiger partial charge in [0.2, 0.25) is 5.91 Å². The smallest absolute Gasteiger partial charge is 0.248 e. The Bertz CT molecular complexity index is 950. The molecule has 0 aromatic heterocycles. The van der Waals surface area contributed by atoms with Gasteiger partial charge in [-0.2, -0.15) is 0 Å². The van der Waals surface area contributed by atoms with Crippen molar-refractivity contribution in [1.29, 1.82) is 0 Å². The Morgan fingerprint density at radius 2 is 2.07 bits per heavy atom. The molecule has 2 aromatic rings. The number of benzene rings is 2. The topological polar surface area (TPSA) is 41.6 Å². The lowest BCUT2D eigenvalue weighted by Gasteiger charge is -2.39. The highest BCUT2D eigenvalue weighted by molar-refractivity contribution is 6.32. The monoisotopic (exact) mass is 412 g/mol. The van der Waals surface area contributed by atoms with Crippen molar-refractivity contribution in [3.63, 3.8) is 0 Å². The van der Waals surface area contributed by atoms with E-state index in [0.717, 1.165) is 30.8 Å². The molecule has 1 heterocycles. The minimum absolute atomic E-state index is 0.0995. The first-order chi connectivity index (χ1) is 13.7. The minimum atomic E-state index is -0.157. The Balaban J connectivity index is 1.82. The lowest BCUT2D eigenvalue weighted by molar-refractivity contribution is -0.111. The Hall–Kier alpha value is -2.30. The fourth-order valence-electron chi connectivity index (χ4n) is 4.25. The van der Waals surface area contributed by atoms with Crippen LogP contribution in [0.25, 0.3) is 6.08 Å². The molecule has 2 aromatic carbocycles. The molecule has 0 unspecified atom stereocenters. The van der Waals surface area contributed by atoms with Crippen LogP contribution in [0.5, 0.6) is 5.75 Å². The van der Waals surface area contributed by atoms with Gasteiger partial charge in [-0.3, -0.25) is 4.79 Å². The van der Waals surface area contributed by atoms with Gasteiger partial charge in [0, 0.05) is 30.3 Å². The third-order valence-corrected chi connectivity index (χ3v) is 5.76. The Labute approximate surface area is 178 Å². The number of rotatable bonds is 5. The van der Waals surface area contributed by atoms with Gasteiger partial charge in [-0.05, 0) is 60.0 Å². The summed E-state index contributed by atoms with van der Waals surface area (Å²) >= 11 is 6.15. The number of carbonyl (C=O) groups excluding carboxylic acids is 1. The first kappa shape index (κ1) is 21.4. The quantitative estimate of drug-likeness (QED) is 0.678. The zero-order valence-electron chi connectivity index (χ0n) is 17.8. The van der Waals surface area contributed by atoms with Crippen molar-refractivity contribution >= 4 is 29.3 Å². The van der Waals surface area contributed by atoms with E-state index in [1.807, 2.05) is 12.1 Å². The number of methoxy groups -OCH3 is 1. The van der Waals surface area contributed by atoms with Crippen molar-refractivity contribution in [3.8, 4) is 5.75 Å². The maximum absolute atomic E-state index is 12.6. The lowest BCUT2D eigenvalue weighted by atomic mass is 9.76. The largest absolute Gasteiger partial charge is 0.495 e. The SMILES string of the molecule is CCc1c(NC(=O)C=Cc2ccc(OC)c(Cl)c2)ccc2c1CN(C)CC2(C)C. The summed E-state index contributed by atoms with van der Waals surface area (Å²) in [7, 11) is 3.73. The van der Waals surface area contributed by atoms with Gasteiger partial charge in [0.15, 0.2) is 0 Å². The van der Waals surface area contributed by atoms with Gasteiger partial charge in [-0.25, -0.2) is 0 Å². The van der Waals surface area contributed by atoms with Crippen LogP contribution in [0.3, 0.4) is 0 Å². The van der Waals surface area contributed by atoms with Crippen molar-refractivity contribution in [2.45, 2.75) is 39.2 Å². The van der Waals surface area contributed by atoms with Crippen molar-refractivity contribution in [1.82, 2.24) is 4.90 Å². The van der Waals surface area contributed by atoms with Crippen LogP contribution in [0.4, 0.5) is 5.69 Å². The maximum Gasteiger partial charge on any atom is 0.248 e. The molecule has 5 heteroatoms. The molecule has 0 saturated heterocycles. The predicted molar refractivity (Wildman–Crippen MR) is 121 cm³/mol. The second-order valence-electron chi connectivity index (χ2n) is 8.24. The van der Waals surface area contributed by atoms with Crippen LogP contribution in [0, 0.1) is 0 Å². The van der Waals surface area contributed by atoms with Gasteiger partial charge in [0.1, 0.15) is 5.75 Å². The Morgan fingerprint density at radius 3 is 2.72 bits per heavy atom. The molecular weight excluding hydrogens is 384 g/mol. The average Bonchev–Trinajstić information content (AvgIpc) is 2.65. The second-order valence-corrected chi connectivity index (χ2v) is 8.65. The van der Waals surface area contributed by atoms with Gasteiger partial charge in [-0.1, -0.05) is 44.5 Å². The first-order valence-corrected chi connectivity index (χ1v) is 10.3. The normalized spacial score (nSPS) is 15.9. The number of amides is 1. The summed E-state index contributed by atoms with van der Waals surface area (Å²) in [4.78, 5) is 14.9. The molecule has 0 atom stereocenters. The highest BCUT2D eigenvalue weighted by Gasteiger charge is 2.32. The highest BCUT2D eigenvalue weighted by Crippen LogP contribution is 2.37. The number of anilines is 1. The van der Waals surface area contributed by atoms with E-state index in [2.05, 4.69) is 44.1 Å². The molecule has 1 aliphatic heterocycles. The molecule has 1 aliphatic rings. The third-order valence-electron chi connectivity index (χ3n) is 5.47. The van der Waals surface area contributed by atoms with Crippen LogP contribution in [0.1, 0.15) is 43.0 Å². The Kier molecular flexibility index (Phi) is 6.35. The first-order valence-electron chi connectivity index (χ1n) is 9.91. The van der Waals surface area contributed by atoms with Gasteiger partial charge in [0.25, 0.3) is 0 Å². The number of hydrogen-bond donors (Lipinski definition) is 1. The van der Waals surface area contributed by atoms with Crippen molar-refractivity contribution < 1.29 is 9.53 Å². The van der Waals surface area contributed by atoms with E-state index >= 15 is 0 Å². The van der Waals surface area contributed by atoms with Crippen LogP contribution in [0.2, 0.25) is 5.02 Å². The van der Waals surface area contributed by atoms with E-state index in [9.17, 15) is 4.79 Å². The van der Waals surface area contributed by atoms with E-state index in [-0.39, 0.29) is 11.3 Å². The Morgan fingerprint density at radius 1 is 1.31 bits per heavy atom. The summed E-state index contributed by atoms with van der Waals surface area (Å²) in [6, 6.07) is 9.64. The summed E-state index contributed by atoms with van der Waals surface area (Å²) in [5, 5.41) is 3.58. The van der Waals surface area contributed by atoms with E-state index in [1.165, 1.54) is 22.8 Å². The van der Waals surface area contributed by atoms with Crippen LogP contribution in [0.15, 0.2) is 36.4 Å². The summed E-state index contributed by atoms with van der Waals surface area (Å²) in [6.07, 6.45) is 4.16. The van der Waals surface area contributed by atoms with E-state index in [1.54, 1.807) is 25.3 Å².